The van der Waals surface area contributed by atoms with E-state index in [4.69, 9.17) is 4.74 Å². The number of aromatic nitrogens is 2. The molecule has 0 unspecified atom stereocenters. The number of carbonyl (C=O) groups excluding carboxylic acids is 1. The fourth-order valence-corrected chi connectivity index (χ4v) is 1.59. The maximum atomic E-state index is 10.2. The molecule has 0 saturated heterocycles. The van der Waals surface area contributed by atoms with Crippen LogP contribution in [-0.4, -0.2) is 23.2 Å². The highest BCUT2D eigenvalue weighted by Gasteiger charge is 2.12. The van der Waals surface area contributed by atoms with Gasteiger partial charge in [0.1, 0.15) is 6.29 Å². The molecular weight excluding hydrogens is 180 g/mol. The molecule has 0 bridgehead atoms. The highest BCUT2D eigenvalue weighted by Crippen LogP contribution is 2.22. The number of unbranched alkanes of at least 4 members (excludes halogenated alkanes) is 1. The lowest BCUT2D eigenvalue weighted by atomic mass is 10.1. The Bertz CT molecular complexity index is 318. The number of nitrogens with zero attached hydrogens (tertiary/aromatic N) is 2. The van der Waals surface area contributed by atoms with E-state index in [9.17, 15) is 4.79 Å². The number of hydrogen-bond acceptors (Lipinski definition) is 3. The summed E-state index contributed by atoms with van der Waals surface area (Å²) in [6.45, 7) is 1.96. The van der Waals surface area contributed by atoms with E-state index >= 15 is 0 Å². The molecule has 1 rings (SSSR count). The lowest BCUT2D eigenvalue weighted by Crippen LogP contribution is -1.97. The molecule has 0 fully saturated rings. The standard InChI is InChI=1S/C10H16N2O2/c1-8-9(6-4-5-7-13)10(14-3)12(2)11-8/h7H,4-6H2,1-3H3. The van der Waals surface area contributed by atoms with Crippen LogP contribution in [0.4, 0.5) is 0 Å². The van der Waals surface area contributed by atoms with Crippen molar-refractivity contribution in [2.24, 2.45) is 7.05 Å². The summed E-state index contributed by atoms with van der Waals surface area (Å²) in [4.78, 5) is 10.2. The quantitative estimate of drug-likeness (QED) is 0.526. The van der Waals surface area contributed by atoms with E-state index in [-0.39, 0.29) is 0 Å². The van der Waals surface area contributed by atoms with Gasteiger partial charge < -0.3 is 9.53 Å². The molecule has 0 amide bonds. The van der Waals surface area contributed by atoms with Gasteiger partial charge in [0.05, 0.1) is 12.8 Å². The summed E-state index contributed by atoms with van der Waals surface area (Å²) in [5.41, 5.74) is 2.09. The van der Waals surface area contributed by atoms with Crippen molar-refractivity contribution in [3.8, 4) is 5.88 Å². The molecule has 4 heteroatoms. The number of methoxy groups -OCH3 is 1. The Balaban J connectivity index is 2.77. The molecular formula is C10H16N2O2. The van der Waals surface area contributed by atoms with Crippen LogP contribution in [0.5, 0.6) is 5.88 Å². The maximum absolute atomic E-state index is 10.2. The Labute approximate surface area is 83.9 Å². The van der Waals surface area contributed by atoms with Gasteiger partial charge in [0, 0.05) is 19.0 Å². The molecule has 0 saturated carbocycles. The molecule has 4 nitrogen and oxygen atoms in total. The van der Waals surface area contributed by atoms with Gasteiger partial charge in [-0.2, -0.15) is 5.10 Å². The number of ether oxygens (including phenoxy) is 1. The molecule has 0 aliphatic heterocycles. The van der Waals surface area contributed by atoms with Gasteiger partial charge in [-0.25, -0.2) is 4.68 Å². The predicted molar refractivity (Wildman–Crippen MR) is 53.5 cm³/mol. The first-order chi connectivity index (χ1) is 6.70. The van der Waals surface area contributed by atoms with Gasteiger partial charge in [-0.3, -0.25) is 0 Å². The zero-order valence-corrected chi connectivity index (χ0v) is 8.91. The van der Waals surface area contributed by atoms with Crippen molar-refractivity contribution in [3.63, 3.8) is 0 Å². The zero-order chi connectivity index (χ0) is 10.6. The van der Waals surface area contributed by atoms with Gasteiger partial charge in [0.2, 0.25) is 5.88 Å². The summed E-state index contributed by atoms with van der Waals surface area (Å²) >= 11 is 0. The van der Waals surface area contributed by atoms with E-state index in [1.54, 1.807) is 11.8 Å². The number of aryl methyl sites for hydroxylation is 2. The van der Waals surface area contributed by atoms with Crippen LogP contribution in [0.25, 0.3) is 0 Å². The van der Waals surface area contributed by atoms with Crippen molar-refractivity contribution in [1.82, 2.24) is 9.78 Å². The van der Waals surface area contributed by atoms with Gasteiger partial charge in [-0.1, -0.05) is 0 Å². The normalized spacial score (nSPS) is 10.2. The first-order valence-corrected chi connectivity index (χ1v) is 4.70. The molecule has 14 heavy (non-hydrogen) atoms. The molecule has 1 heterocycles. The highest BCUT2D eigenvalue weighted by atomic mass is 16.5. The zero-order valence-electron chi connectivity index (χ0n) is 8.91. The lowest BCUT2D eigenvalue weighted by Gasteiger charge is -2.03. The van der Waals surface area contributed by atoms with Gasteiger partial charge in [0.25, 0.3) is 0 Å². The summed E-state index contributed by atoms with van der Waals surface area (Å²) in [7, 11) is 3.49. The van der Waals surface area contributed by atoms with Crippen molar-refractivity contribution in [3.05, 3.63) is 11.3 Å². The third-order valence-corrected chi connectivity index (χ3v) is 2.23. The number of carbonyl (C=O) groups is 1. The average Bonchev–Trinajstić information content (AvgIpc) is 2.42. The second-order valence-corrected chi connectivity index (χ2v) is 3.26. The lowest BCUT2D eigenvalue weighted by molar-refractivity contribution is -0.107. The van der Waals surface area contributed by atoms with Crippen molar-refractivity contribution < 1.29 is 9.53 Å². The third kappa shape index (κ3) is 2.13. The first kappa shape index (κ1) is 10.8. The van der Waals surface area contributed by atoms with Crippen LogP contribution in [-0.2, 0) is 18.3 Å². The SMILES string of the molecule is COc1c(CCCC=O)c(C)nn1C. The van der Waals surface area contributed by atoms with E-state index < -0.39 is 0 Å². The average molecular weight is 196 g/mol. The predicted octanol–water partition coefficient (Wildman–Crippen LogP) is 1.26. The van der Waals surface area contributed by atoms with E-state index in [0.29, 0.717) is 6.42 Å². The van der Waals surface area contributed by atoms with E-state index in [1.165, 1.54) is 0 Å². The molecule has 0 aliphatic rings. The smallest absolute Gasteiger partial charge is 0.214 e. The van der Waals surface area contributed by atoms with E-state index in [1.807, 2.05) is 14.0 Å². The summed E-state index contributed by atoms with van der Waals surface area (Å²) in [5, 5.41) is 4.26. The molecule has 0 radical (unpaired) electrons. The van der Waals surface area contributed by atoms with Crippen LogP contribution >= 0.6 is 0 Å². The molecule has 0 N–H and O–H groups in total. The maximum Gasteiger partial charge on any atom is 0.214 e. The van der Waals surface area contributed by atoms with Gasteiger partial charge in [0.15, 0.2) is 0 Å². The molecule has 0 spiro atoms. The van der Waals surface area contributed by atoms with Crippen molar-refractivity contribution in [1.29, 1.82) is 0 Å². The Morgan fingerprint density at radius 1 is 1.57 bits per heavy atom. The first-order valence-electron chi connectivity index (χ1n) is 4.70. The minimum Gasteiger partial charge on any atom is -0.481 e. The Morgan fingerprint density at radius 3 is 2.86 bits per heavy atom. The number of hydrogen-bond donors (Lipinski definition) is 0. The van der Waals surface area contributed by atoms with Gasteiger partial charge >= 0.3 is 0 Å². The Hall–Kier alpha value is -1.32. The molecule has 0 atom stereocenters. The number of aldehydes is 1. The topological polar surface area (TPSA) is 44.1 Å². The Kier molecular flexibility index (Phi) is 3.68. The molecule has 0 aliphatic carbocycles. The van der Waals surface area contributed by atoms with Crippen LogP contribution in [0.1, 0.15) is 24.1 Å². The second kappa shape index (κ2) is 4.79. The van der Waals surface area contributed by atoms with Crippen LogP contribution in [0.2, 0.25) is 0 Å². The fraction of sp³-hybridized carbons (Fsp3) is 0.600. The minimum absolute atomic E-state index is 0.595. The minimum atomic E-state index is 0.595. The Morgan fingerprint density at radius 2 is 2.29 bits per heavy atom. The van der Waals surface area contributed by atoms with Crippen LogP contribution in [0.3, 0.4) is 0 Å². The van der Waals surface area contributed by atoms with Crippen LogP contribution in [0.15, 0.2) is 0 Å². The summed E-state index contributed by atoms with van der Waals surface area (Å²) < 4.78 is 6.97. The van der Waals surface area contributed by atoms with Gasteiger partial charge in [-0.05, 0) is 19.8 Å². The van der Waals surface area contributed by atoms with Crippen LogP contribution in [0, 0.1) is 6.92 Å². The van der Waals surface area contributed by atoms with Crippen LogP contribution < -0.4 is 4.74 Å². The third-order valence-electron chi connectivity index (χ3n) is 2.23. The summed E-state index contributed by atoms with van der Waals surface area (Å²) in [6.07, 6.45) is 3.24. The monoisotopic (exact) mass is 196 g/mol. The van der Waals surface area contributed by atoms with E-state index in [0.717, 1.165) is 36.3 Å². The van der Waals surface area contributed by atoms with E-state index in [2.05, 4.69) is 5.10 Å². The highest BCUT2D eigenvalue weighted by molar-refractivity contribution is 5.49. The molecule has 1 aromatic heterocycles. The second-order valence-electron chi connectivity index (χ2n) is 3.26. The molecule has 1 aromatic rings. The van der Waals surface area contributed by atoms with Gasteiger partial charge in [-0.15, -0.1) is 0 Å². The molecule has 0 aromatic carbocycles. The van der Waals surface area contributed by atoms with Crippen molar-refractivity contribution in [2.45, 2.75) is 26.2 Å². The summed E-state index contributed by atoms with van der Waals surface area (Å²) in [6, 6.07) is 0. The van der Waals surface area contributed by atoms with Crippen molar-refractivity contribution >= 4 is 6.29 Å². The molecule has 78 valence electrons. The van der Waals surface area contributed by atoms with Crippen molar-refractivity contribution in [2.75, 3.05) is 7.11 Å². The largest absolute Gasteiger partial charge is 0.481 e. The summed E-state index contributed by atoms with van der Waals surface area (Å²) in [5.74, 6) is 0.799. The number of rotatable bonds is 5. The fourth-order valence-electron chi connectivity index (χ4n) is 1.59.